The van der Waals surface area contributed by atoms with E-state index in [2.05, 4.69) is 15.3 Å². The number of hydrogen-bond acceptors (Lipinski definition) is 4. The lowest BCUT2D eigenvalue weighted by molar-refractivity contribution is 0.103. The van der Waals surface area contributed by atoms with Crippen LogP contribution >= 0.6 is 35.6 Å². The second-order valence-corrected chi connectivity index (χ2v) is 4.46. The normalized spacial score (nSPS) is 19.1. The molecule has 0 radical (unpaired) electrons. The quantitative estimate of drug-likeness (QED) is 0.685. The molecule has 1 aliphatic rings. The highest BCUT2D eigenvalue weighted by molar-refractivity contribution is 6.32. The maximum atomic E-state index is 5.89. The van der Waals surface area contributed by atoms with Crippen LogP contribution in [0.15, 0.2) is 6.20 Å². The predicted molar refractivity (Wildman–Crippen MR) is 70.0 cm³/mol. The van der Waals surface area contributed by atoms with Crippen LogP contribution in [-0.2, 0) is 11.3 Å². The van der Waals surface area contributed by atoms with Gasteiger partial charge in [-0.3, -0.25) is 0 Å². The lowest BCUT2D eigenvalue weighted by Crippen LogP contribution is -2.26. The van der Waals surface area contributed by atoms with Gasteiger partial charge in [-0.25, -0.2) is 9.97 Å². The Hall–Kier alpha value is -0.130. The monoisotopic (exact) mass is 297 g/mol. The molecule has 96 valence electrons. The van der Waals surface area contributed by atoms with Crippen molar-refractivity contribution < 1.29 is 4.74 Å². The largest absolute Gasteiger partial charge is 0.375 e. The Morgan fingerprint density at radius 3 is 2.94 bits per heavy atom. The van der Waals surface area contributed by atoms with Crippen molar-refractivity contribution in [2.24, 2.45) is 0 Å². The van der Waals surface area contributed by atoms with Gasteiger partial charge in [0.05, 0.1) is 13.2 Å². The molecule has 1 aromatic rings. The van der Waals surface area contributed by atoms with Crippen molar-refractivity contribution in [3.05, 3.63) is 22.2 Å². The lowest BCUT2D eigenvalue weighted by Gasteiger charge is -2.10. The van der Waals surface area contributed by atoms with E-state index in [9.17, 15) is 0 Å². The average Bonchev–Trinajstić information content (AvgIpc) is 2.74. The molecular formula is C10H14Cl3N3O. The van der Waals surface area contributed by atoms with Gasteiger partial charge < -0.3 is 10.1 Å². The maximum Gasteiger partial charge on any atom is 0.223 e. The molecular weight excluding hydrogens is 284 g/mol. The molecule has 1 atom stereocenters. The first-order valence-corrected chi connectivity index (χ1v) is 5.99. The molecule has 7 heteroatoms. The predicted octanol–water partition coefficient (Wildman–Crippen LogP) is 2.47. The number of halogens is 3. The number of nitrogens with one attached hydrogen (secondary N) is 1. The van der Waals surface area contributed by atoms with Crippen molar-refractivity contribution in [3.63, 3.8) is 0 Å². The minimum Gasteiger partial charge on any atom is -0.375 e. The average molecular weight is 299 g/mol. The third-order valence-electron chi connectivity index (χ3n) is 2.52. The first kappa shape index (κ1) is 14.9. The van der Waals surface area contributed by atoms with E-state index in [1.54, 1.807) is 6.20 Å². The van der Waals surface area contributed by atoms with Crippen molar-refractivity contribution in [2.45, 2.75) is 25.5 Å². The fourth-order valence-electron chi connectivity index (χ4n) is 1.67. The summed E-state index contributed by atoms with van der Waals surface area (Å²) < 4.78 is 5.55. The van der Waals surface area contributed by atoms with Crippen LogP contribution in [0.1, 0.15) is 18.4 Å². The van der Waals surface area contributed by atoms with Gasteiger partial charge in [0, 0.05) is 17.8 Å². The molecule has 17 heavy (non-hydrogen) atoms. The first-order chi connectivity index (χ1) is 7.75. The first-order valence-electron chi connectivity index (χ1n) is 5.24. The summed E-state index contributed by atoms with van der Waals surface area (Å²) in [6.45, 7) is 2.20. The molecule has 1 saturated heterocycles. The van der Waals surface area contributed by atoms with E-state index in [-0.39, 0.29) is 17.7 Å². The van der Waals surface area contributed by atoms with Gasteiger partial charge in [-0.15, -0.1) is 12.4 Å². The Labute approximate surface area is 116 Å². The van der Waals surface area contributed by atoms with Crippen molar-refractivity contribution in [1.29, 1.82) is 0 Å². The number of rotatable bonds is 4. The molecule has 1 fully saturated rings. The molecule has 1 unspecified atom stereocenters. The SMILES string of the molecule is Cl.Clc1ncc(COCC2CCCN2)c(Cl)n1. The van der Waals surface area contributed by atoms with Crippen LogP contribution in [0, 0.1) is 0 Å². The summed E-state index contributed by atoms with van der Waals surface area (Å²) in [5.41, 5.74) is 0.768. The van der Waals surface area contributed by atoms with E-state index in [0.29, 0.717) is 24.4 Å². The van der Waals surface area contributed by atoms with Gasteiger partial charge in [0.15, 0.2) is 0 Å². The van der Waals surface area contributed by atoms with E-state index in [1.807, 2.05) is 0 Å². The van der Waals surface area contributed by atoms with Crippen LogP contribution in [-0.4, -0.2) is 29.2 Å². The van der Waals surface area contributed by atoms with E-state index in [4.69, 9.17) is 27.9 Å². The topological polar surface area (TPSA) is 47.0 Å². The van der Waals surface area contributed by atoms with Crippen molar-refractivity contribution in [2.75, 3.05) is 13.2 Å². The van der Waals surface area contributed by atoms with Crippen LogP contribution in [0.3, 0.4) is 0 Å². The van der Waals surface area contributed by atoms with Crippen LogP contribution in [0.5, 0.6) is 0 Å². The van der Waals surface area contributed by atoms with Gasteiger partial charge >= 0.3 is 0 Å². The lowest BCUT2D eigenvalue weighted by atomic mass is 10.2. The molecule has 0 aromatic carbocycles. The molecule has 4 nitrogen and oxygen atoms in total. The van der Waals surface area contributed by atoms with Gasteiger partial charge in [0.25, 0.3) is 0 Å². The molecule has 1 N–H and O–H groups in total. The third kappa shape index (κ3) is 4.56. The second-order valence-electron chi connectivity index (χ2n) is 3.76. The Balaban J connectivity index is 0.00000144. The van der Waals surface area contributed by atoms with Gasteiger partial charge in [-0.2, -0.15) is 0 Å². The van der Waals surface area contributed by atoms with Crippen LogP contribution in [0.2, 0.25) is 10.4 Å². The minimum atomic E-state index is 0. The van der Waals surface area contributed by atoms with E-state index in [1.165, 1.54) is 12.8 Å². The molecule has 1 aliphatic heterocycles. The standard InChI is InChI=1S/C10H13Cl2N3O.ClH/c11-9-7(4-14-10(12)15-9)5-16-6-8-2-1-3-13-8;/h4,8,13H,1-3,5-6H2;1H. The summed E-state index contributed by atoms with van der Waals surface area (Å²) in [6.07, 6.45) is 3.99. The van der Waals surface area contributed by atoms with E-state index in [0.717, 1.165) is 12.1 Å². The van der Waals surface area contributed by atoms with Gasteiger partial charge in [-0.05, 0) is 31.0 Å². The van der Waals surface area contributed by atoms with Crippen LogP contribution in [0.4, 0.5) is 0 Å². The fraction of sp³-hybridized carbons (Fsp3) is 0.600. The zero-order valence-corrected chi connectivity index (χ0v) is 11.5. The summed E-state index contributed by atoms with van der Waals surface area (Å²) in [4.78, 5) is 7.71. The molecule has 0 aliphatic carbocycles. The van der Waals surface area contributed by atoms with E-state index >= 15 is 0 Å². The van der Waals surface area contributed by atoms with Gasteiger partial charge in [0.1, 0.15) is 5.15 Å². The summed E-state index contributed by atoms with van der Waals surface area (Å²) in [5.74, 6) is 0. The smallest absolute Gasteiger partial charge is 0.223 e. The Kier molecular flexibility index (Phi) is 6.44. The zero-order valence-electron chi connectivity index (χ0n) is 9.16. The van der Waals surface area contributed by atoms with Gasteiger partial charge in [0.2, 0.25) is 5.28 Å². The fourth-order valence-corrected chi connectivity index (χ4v) is 2.03. The second kappa shape index (κ2) is 7.34. The highest BCUT2D eigenvalue weighted by Crippen LogP contribution is 2.15. The molecule has 2 rings (SSSR count). The number of hydrogen-bond donors (Lipinski definition) is 1. The van der Waals surface area contributed by atoms with Crippen molar-refractivity contribution >= 4 is 35.6 Å². The highest BCUT2D eigenvalue weighted by atomic mass is 35.5. The molecule has 1 aromatic heterocycles. The minimum absolute atomic E-state index is 0. The molecule has 0 spiro atoms. The Bertz CT molecular complexity index is 359. The van der Waals surface area contributed by atoms with Crippen LogP contribution in [0.25, 0.3) is 0 Å². The molecule has 0 bridgehead atoms. The zero-order chi connectivity index (χ0) is 11.4. The summed E-state index contributed by atoms with van der Waals surface area (Å²) in [5, 5.41) is 3.88. The Morgan fingerprint density at radius 1 is 1.47 bits per heavy atom. The maximum absolute atomic E-state index is 5.89. The van der Waals surface area contributed by atoms with Crippen LogP contribution < -0.4 is 5.32 Å². The summed E-state index contributed by atoms with van der Waals surface area (Å²) in [6, 6.07) is 0.465. The Morgan fingerprint density at radius 2 is 2.29 bits per heavy atom. The molecule has 0 amide bonds. The van der Waals surface area contributed by atoms with Crippen molar-refractivity contribution in [1.82, 2.24) is 15.3 Å². The van der Waals surface area contributed by atoms with Gasteiger partial charge in [-0.1, -0.05) is 11.6 Å². The number of aromatic nitrogens is 2. The van der Waals surface area contributed by atoms with Crippen molar-refractivity contribution in [3.8, 4) is 0 Å². The number of nitrogens with zero attached hydrogens (tertiary/aromatic N) is 2. The van der Waals surface area contributed by atoms with E-state index < -0.39 is 0 Å². The summed E-state index contributed by atoms with van der Waals surface area (Å²) in [7, 11) is 0. The molecule has 0 saturated carbocycles. The number of ether oxygens (including phenoxy) is 1. The molecule has 2 heterocycles. The highest BCUT2D eigenvalue weighted by Gasteiger charge is 2.14. The summed E-state index contributed by atoms with van der Waals surface area (Å²) >= 11 is 11.5. The third-order valence-corrected chi connectivity index (χ3v) is 3.03.